The molecule has 0 aromatic heterocycles. The van der Waals surface area contributed by atoms with E-state index in [0.717, 1.165) is 11.5 Å². The van der Waals surface area contributed by atoms with Crippen molar-refractivity contribution in [1.82, 2.24) is 0 Å². The van der Waals surface area contributed by atoms with Gasteiger partial charge in [0, 0.05) is 5.56 Å². The normalized spacial score (nSPS) is 13.3. The number of rotatable bonds is 0. The largest absolute Gasteiger partial charge is 0.461 e. The average molecular weight is 379 g/mol. The van der Waals surface area contributed by atoms with Gasteiger partial charge in [0.05, 0.1) is 0 Å². The van der Waals surface area contributed by atoms with Crippen LogP contribution in [0.15, 0.2) is 77.2 Å². The molecular formula is C28H26O. The molecule has 3 aliphatic rings. The molecule has 0 saturated heterocycles. The second-order valence-electron chi connectivity index (χ2n) is 8.14. The van der Waals surface area contributed by atoms with Crippen molar-refractivity contribution in [3.8, 4) is 11.3 Å². The average Bonchev–Trinajstić information content (AvgIpc) is 3.23. The van der Waals surface area contributed by atoms with E-state index in [-0.39, 0.29) is 0 Å². The second-order valence-corrected chi connectivity index (χ2v) is 8.14. The minimum atomic E-state index is 0.973. The van der Waals surface area contributed by atoms with Gasteiger partial charge in [-0.15, -0.1) is 0 Å². The first kappa shape index (κ1) is 18.0. The van der Waals surface area contributed by atoms with Crippen molar-refractivity contribution in [3.63, 3.8) is 0 Å². The lowest BCUT2D eigenvalue weighted by atomic mass is 9.86. The molecule has 1 heterocycles. The topological polar surface area (TPSA) is 13.1 Å². The van der Waals surface area contributed by atoms with E-state index in [0.29, 0.717) is 0 Å². The van der Waals surface area contributed by atoms with Gasteiger partial charge in [0.25, 0.3) is 0 Å². The fourth-order valence-corrected chi connectivity index (χ4v) is 4.75. The molecule has 1 heteroatoms. The second kappa shape index (κ2) is 7.40. The molecule has 144 valence electrons. The van der Waals surface area contributed by atoms with Gasteiger partial charge >= 0.3 is 0 Å². The van der Waals surface area contributed by atoms with Gasteiger partial charge in [0.2, 0.25) is 0 Å². The first-order valence-electron chi connectivity index (χ1n) is 10.6. The summed E-state index contributed by atoms with van der Waals surface area (Å²) < 4.78 is 5.48. The quantitative estimate of drug-likeness (QED) is 0.250. The monoisotopic (exact) mass is 378 g/mol. The molecule has 0 amide bonds. The fraction of sp³-hybridized carbons (Fsp3) is 0.214. The zero-order chi connectivity index (χ0) is 19.8. The lowest BCUT2D eigenvalue weighted by Gasteiger charge is -2.18. The summed E-state index contributed by atoms with van der Waals surface area (Å²) in [6.07, 6.45) is 5.22. The van der Waals surface area contributed by atoms with E-state index >= 15 is 0 Å². The third kappa shape index (κ3) is 3.31. The summed E-state index contributed by atoms with van der Waals surface area (Å²) in [5, 5.41) is 5.64. The minimum Gasteiger partial charge on any atom is -0.461 e. The summed E-state index contributed by atoms with van der Waals surface area (Å²) in [4.78, 5) is 0. The van der Waals surface area contributed by atoms with Crippen molar-refractivity contribution >= 4 is 21.5 Å². The first-order chi connectivity index (χ1) is 14.2. The van der Waals surface area contributed by atoms with Gasteiger partial charge < -0.3 is 4.42 Å². The molecule has 6 rings (SSSR count). The number of hydrogen-bond donors (Lipinski definition) is 0. The van der Waals surface area contributed by atoms with Crippen LogP contribution in [0.3, 0.4) is 0 Å². The van der Waals surface area contributed by atoms with Gasteiger partial charge in [-0.3, -0.25) is 0 Å². The molecule has 0 fully saturated rings. The summed E-state index contributed by atoms with van der Waals surface area (Å²) in [5.74, 6) is 1.96. The predicted octanol–water partition coefficient (Wildman–Crippen LogP) is 7.87. The van der Waals surface area contributed by atoms with Crippen LogP contribution in [0.4, 0.5) is 0 Å². The molecule has 0 atom stereocenters. The maximum atomic E-state index is 5.48. The SMILES string of the molecule is Cc1cc(C)c2cccc-2o1.c1ccc2c(c1)ccc1c3c(ccc12)CCCC3. The number of aryl methyl sites for hydroxylation is 4. The van der Waals surface area contributed by atoms with Gasteiger partial charge in [-0.2, -0.15) is 0 Å². The van der Waals surface area contributed by atoms with E-state index in [9.17, 15) is 0 Å². The molecule has 1 nitrogen and oxygen atoms in total. The number of fused-ring (bicyclic) bond motifs is 6. The molecule has 2 aliphatic carbocycles. The number of hydrogen-bond acceptors (Lipinski definition) is 1. The van der Waals surface area contributed by atoms with Crippen LogP contribution in [0.25, 0.3) is 32.9 Å². The molecular weight excluding hydrogens is 352 g/mol. The third-order valence-electron chi connectivity index (χ3n) is 6.15. The van der Waals surface area contributed by atoms with Gasteiger partial charge in [0.1, 0.15) is 11.5 Å². The van der Waals surface area contributed by atoms with Crippen LogP contribution in [-0.4, -0.2) is 0 Å². The number of benzene rings is 3. The lowest BCUT2D eigenvalue weighted by molar-refractivity contribution is 0.531. The van der Waals surface area contributed by atoms with Crippen molar-refractivity contribution in [2.24, 2.45) is 0 Å². The van der Waals surface area contributed by atoms with Crippen LogP contribution in [0.1, 0.15) is 35.3 Å². The molecule has 29 heavy (non-hydrogen) atoms. The highest BCUT2D eigenvalue weighted by molar-refractivity contribution is 6.08. The van der Waals surface area contributed by atoms with Crippen molar-refractivity contribution in [1.29, 1.82) is 0 Å². The molecule has 0 saturated carbocycles. The summed E-state index contributed by atoms with van der Waals surface area (Å²) >= 11 is 0. The lowest BCUT2D eigenvalue weighted by Crippen LogP contribution is -2.02. The molecule has 0 unspecified atom stereocenters. The Labute approximate surface area is 172 Å². The van der Waals surface area contributed by atoms with Gasteiger partial charge in [-0.1, -0.05) is 60.7 Å². The fourth-order valence-electron chi connectivity index (χ4n) is 4.75. The van der Waals surface area contributed by atoms with E-state index in [2.05, 4.69) is 67.6 Å². The first-order valence-corrected chi connectivity index (χ1v) is 10.6. The molecule has 1 aliphatic heterocycles. The summed E-state index contributed by atoms with van der Waals surface area (Å²) in [6.45, 7) is 4.07. The maximum Gasteiger partial charge on any atom is 0.134 e. The molecule has 3 aromatic carbocycles. The van der Waals surface area contributed by atoms with Crippen LogP contribution in [0, 0.1) is 13.8 Å². The van der Waals surface area contributed by atoms with E-state index in [1.54, 1.807) is 11.1 Å². The molecule has 0 N–H and O–H groups in total. The smallest absolute Gasteiger partial charge is 0.134 e. The van der Waals surface area contributed by atoms with Gasteiger partial charge in [0.15, 0.2) is 0 Å². The molecule has 3 aromatic rings. The van der Waals surface area contributed by atoms with Crippen LogP contribution in [0.2, 0.25) is 0 Å². The van der Waals surface area contributed by atoms with Crippen LogP contribution < -0.4 is 0 Å². The highest BCUT2D eigenvalue weighted by atomic mass is 16.3. The van der Waals surface area contributed by atoms with Crippen molar-refractivity contribution in [2.75, 3.05) is 0 Å². The Morgan fingerprint density at radius 2 is 1.52 bits per heavy atom. The standard InChI is InChI=1S/C18H16.C10H10O/c1-3-7-15-13(5-1)9-11-18-16-8-4-2-6-14(16)10-12-17(15)18;1-7-6-8(2)11-10-5-3-4-9(7)10/h1,3,5,7,9-12H,2,4,6,8H2;3-6H,1-2H3. The summed E-state index contributed by atoms with van der Waals surface area (Å²) in [6, 6.07) is 26.1. The van der Waals surface area contributed by atoms with E-state index in [4.69, 9.17) is 4.42 Å². The Morgan fingerprint density at radius 1 is 0.690 bits per heavy atom. The highest BCUT2D eigenvalue weighted by Crippen LogP contribution is 2.33. The van der Waals surface area contributed by atoms with E-state index in [1.165, 1.54) is 58.4 Å². The summed E-state index contributed by atoms with van der Waals surface area (Å²) in [5.41, 5.74) is 5.68. The van der Waals surface area contributed by atoms with Crippen molar-refractivity contribution in [2.45, 2.75) is 39.5 Å². The zero-order valence-electron chi connectivity index (χ0n) is 17.2. The Morgan fingerprint density at radius 3 is 2.45 bits per heavy atom. The van der Waals surface area contributed by atoms with Crippen LogP contribution in [0.5, 0.6) is 0 Å². The van der Waals surface area contributed by atoms with Crippen molar-refractivity contribution < 1.29 is 4.42 Å². The van der Waals surface area contributed by atoms with Gasteiger partial charge in [-0.25, -0.2) is 0 Å². The zero-order valence-corrected chi connectivity index (χ0v) is 17.2. The molecule has 0 spiro atoms. The maximum absolute atomic E-state index is 5.48. The van der Waals surface area contributed by atoms with Crippen molar-refractivity contribution in [3.05, 3.63) is 95.2 Å². The Balaban J connectivity index is 0.000000142. The summed E-state index contributed by atoms with van der Waals surface area (Å²) in [7, 11) is 0. The highest BCUT2D eigenvalue weighted by Gasteiger charge is 2.13. The van der Waals surface area contributed by atoms with Gasteiger partial charge in [-0.05, 0) is 89.9 Å². The van der Waals surface area contributed by atoms with E-state index in [1.807, 2.05) is 19.1 Å². The Kier molecular flexibility index (Phi) is 4.60. The molecule has 0 bridgehead atoms. The predicted molar refractivity (Wildman–Crippen MR) is 123 cm³/mol. The third-order valence-corrected chi connectivity index (χ3v) is 6.15. The van der Waals surface area contributed by atoms with Crippen LogP contribution >= 0.6 is 0 Å². The Hall–Kier alpha value is -3.06. The molecule has 0 radical (unpaired) electrons. The van der Waals surface area contributed by atoms with E-state index < -0.39 is 0 Å². The minimum absolute atomic E-state index is 0.973. The van der Waals surface area contributed by atoms with Crippen LogP contribution in [-0.2, 0) is 12.8 Å². The Bertz CT molecular complexity index is 1270.